The summed E-state index contributed by atoms with van der Waals surface area (Å²) in [5.41, 5.74) is 1.83. The summed E-state index contributed by atoms with van der Waals surface area (Å²) in [6.45, 7) is 2.71. The number of nitrogens with zero attached hydrogens (tertiary/aromatic N) is 2. The molecule has 22 heavy (non-hydrogen) atoms. The SMILES string of the molecule is O=C(Cc1c[nH]c2ncccc12)N1CCC2(CC1)OCCO2. The summed E-state index contributed by atoms with van der Waals surface area (Å²) < 4.78 is 11.4. The number of amides is 1. The number of nitrogens with one attached hydrogen (secondary N) is 1. The number of pyridine rings is 1. The number of hydrogen-bond donors (Lipinski definition) is 1. The fraction of sp³-hybridized carbons (Fsp3) is 0.500. The molecule has 1 N–H and O–H groups in total. The Kier molecular flexibility index (Phi) is 3.35. The van der Waals surface area contributed by atoms with Gasteiger partial charge in [-0.25, -0.2) is 4.98 Å². The fourth-order valence-electron chi connectivity index (χ4n) is 3.32. The number of fused-ring (bicyclic) bond motifs is 1. The number of likely N-dealkylation sites (tertiary alicyclic amines) is 1. The Morgan fingerprint density at radius 3 is 2.86 bits per heavy atom. The summed E-state index contributed by atoms with van der Waals surface area (Å²) in [6, 6.07) is 3.89. The zero-order valence-corrected chi connectivity index (χ0v) is 12.4. The predicted octanol–water partition coefficient (Wildman–Crippen LogP) is 1.47. The minimum atomic E-state index is -0.429. The third kappa shape index (κ3) is 2.38. The maximum absolute atomic E-state index is 12.5. The van der Waals surface area contributed by atoms with Gasteiger partial charge in [-0.05, 0) is 17.7 Å². The van der Waals surface area contributed by atoms with Crippen molar-refractivity contribution < 1.29 is 14.3 Å². The van der Waals surface area contributed by atoms with Crippen LogP contribution in [0.3, 0.4) is 0 Å². The van der Waals surface area contributed by atoms with Gasteiger partial charge in [0.1, 0.15) is 5.65 Å². The van der Waals surface area contributed by atoms with Gasteiger partial charge in [0.15, 0.2) is 5.79 Å². The molecule has 2 saturated heterocycles. The van der Waals surface area contributed by atoms with Crippen molar-refractivity contribution in [3.63, 3.8) is 0 Å². The van der Waals surface area contributed by atoms with Crippen molar-refractivity contribution in [3.8, 4) is 0 Å². The van der Waals surface area contributed by atoms with Crippen molar-refractivity contribution in [2.75, 3.05) is 26.3 Å². The van der Waals surface area contributed by atoms with Gasteiger partial charge in [0.25, 0.3) is 0 Å². The molecule has 2 aromatic heterocycles. The maximum Gasteiger partial charge on any atom is 0.227 e. The standard InChI is InChI=1S/C16H19N3O3/c20-14(10-12-11-18-15-13(12)2-1-5-17-15)19-6-3-16(4-7-19)21-8-9-22-16/h1-2,5,11H,3-4,6-10H2,(H,17,18). The second-order valence-corrected chi connectivity index (χ2v) is 5.88. The Morgan fingerprint density at radius 2 is 2.09 bits per heavy atom. The molecule has 2 aromatic rings. The smallest absolute Gasteiger partial charge is 0.227 e. The summed E-state index contributed by atoms with van der Waals surface area (Å²) in [5, 5.41) is 1.02. The summed E-state index contributed by atoms with van der Waals surface area (Å²) >= 11 is 0. The highest BCUT2D eigenvalue weighted by Gasteiger charge is 2.40. The van der Waals surface area contributed by atoms with Crippen molar-refractivity contribution in [1.82, 2.24) is 14.9 Å². The van der Waals surface area contributed by atoms with Crippen LogP contribution in [0.5, 0.6) is 0 Å². The first-order chi connectivity index (χ1) is 10.8. The van der Waals surface area contributed by atoms with Crippen LogP contribution in [0.1, 0.15) is 18.4 Å². The molecule has 0 bridgehead atoms. The van der Waals surface area contributed by atoms with Crippen LogP contribution in [0.15, 0.2) is 24.5 Å². The molecule has 116 valence electrons. The lowest BCUT2D eigenvalue weighted by molar-refractivity contribution is -0.187. The first-order valence-electron chi connectivity index (χ1n) is 7.72. The Bertz CT molecular complexity index is 681. The molecule has 4 heterocycles. The van der Waals surface area contributed by atoms with Crippen molar-refractivity contribution in [2.24, 2.45) is 0 Å². The molecule has 2 fully saturated rings. The van der Waals surface area contributed by atoms with Gasteiger partial charge in [-0.1, -0.05) is 0 Å². The summed E-state index contributed by atoms with van der Waals surface area (Å²) in [6.07, 6.45) is 5.54. The molecule has 0 atom stereocenters. The first-order valence-corrected chi connectivity index (χ1v) is 7.72. The average Bonchev–Trinajstić information content (AvgIpc) is 3.16. The minimum absolute atomic E-state index is 0.151. The Hall–Kier alpha value is -1.92. The molecule has 4 rings (SSSR count). The lowest BCUT2D eigenvalue weighted by Crippen LogP contribution is -2.47. The molecule has 0 saturated carbocycles. The highest BCUT2D eigenvalue weighted by molar-refractivity contribution is 5.87. The van der Waals surface area contributed by atoms with E-state index in [1.54, 1.807) is 6.20 Å². The number of carbonyl (C=O) groups is 1. The van der Waals surface area contributed by atoms with Crippen molar-refractivity contribution in [1.29, 1.82) is 0 Å². The molecule has 1 spiro atoms. The molecule has 0 aliphatic carbocycles. The van der Waals surface area contributed by atoms with Crippen LogP contribution in [0.4, 0.5) is 0 Å². The molecule has 6 heteroatoms. The quantitative estimate of drug-likeness (QED) is 0.912. The van der Waals surface area contributed by atoms with E-state index >= 15 is 0 Å². The van der Waals surface area contributed by atoms with Crippen LogP contribution in [0.2, 0.25) is 0 Å². The van der Waals surface area contributed by atoms with Gasteiger partial charge < -0.3 is 19.4 Å². The second-order valence-electron chi connectivity index (χ2n) is 5.88. The summed E-state index contributed by atoms with van der Waals surface area (Å²) in [4.78, 5) is 21.8. The number of rotatable bonds is 2. The largest absolute Gasteiger partial charge is 0.347 e. The highest BCUT2D eigenvalue weighted by atomic mass is 16.7. The van der Waals surface area contributed by atoms with Crippen LogP contribution in [-0.4, -0.2) is 52.9 Å². The molecule has 0 aromatic carbocycles. The normalized spacial score (nSPS) is 20.8. The minimum Gasteiger partial charge on any atom is -0.347 e. The molecule has 1 amide bonds. The fourth-order valence-corrected chi connectivity index (χ4v) is 3.32. The van der Waals surface area contributed by atoms with Crippen molar-refractivity contribution in [3.05, 3.63) is 30.1 Å². The Balaban J connectivity index is 1.42. The number of ether oxygens (including phenoxy) is 2. The van der Waals surface area contributed by atoms with Gasteiger partial charge in [0.2, 0.25) is 5.91 Å². The third-order valence-corrected chi connectivity index (χ3v) is 4.57. The lowest BCUT2D eigenvalue weighted by Gasteiger charge is -2.37. The monoisotopic (exact) mass is 301 g/mol. The van der Waals surface area contributed by atoms with Crippen LogP contribution in [0, 0.1) is 0 Å². The number of aromatic amines is 1. The molecule has 2 aliphatic rings. The van der Waals surface area contributed by atoms with Gasteiger partial charge in [0, 0.05) is 43.7 Å². The number of aromatic nitrogens is 2. The van der Waals surface area contributed by atoms with Crippen LogP contribution in [-0.2, 0) is 20.7 Å². The number of carbonyl (C=O) groups excluding carboxylic acids is 1. The topological polar surface area (TPSA) is 67.5 Å². The lowest BCUT2D eigenvalue weighted by atomic mass is 10.0. The van der Waals surface area contributed by atoms with Gasteiger partial charge in [-0.15, -0.1) is 0 Å². The second kappa shape index (κ2) is 5.37. The van der Waals surface area contributed by atoms with E-state index in [1.165, 1.54) is 0 Å². The van der Waals surface area contributed by atoms with E-state index in [4.69, 9.17) is 9.47 Å². The van der Waals surface area contributed by atoms with Crippen molar-refractivity contribution in [2.45, 2.75) is 25.0 Å². The third-order valence-electron chi connectivity index (χ3n) is 4.57. The summed E-state index contributed by atoms with van der Waals surface area (Å²) in [5.74, 6) is -0.279. The molecule has 6 nitrogen and oxygen atoms in total. The van der Waals surface area contributed by atoms with E-state index in [9.17, 15) is 4.79 Å². The van der Waals surface area contributed by atoms with Crippen LogP contribution in [0.25, 0.3) is 11.0 Å². The Labute approximate surface area is 128 Å². The zero-order valence-electron chi connectivity index (χ0n) is 12.4. The van der Waals surface area contributed by atoms with Gasteiger partial charge in [-0.3, -0.25) is 4.79 Å². The Morgan fingerprint density at radius 1 is 1.32 bits per heavy atom. The van der Waals surface area contributed by atoms with Crippen LogP contribution < -0.4 is 0 Å². The van der Waals surface area contributed by atoms with Crippen molar-refractivity contribution >= 4 is 16.9 Å². The first kappa shape index (κ1) is 13.7. The van der Waals surface area contributed by atoms with E-state index in [2.05, 4.69) is 9.97 Å². The summed E-state index contributed by atoms with van der Waals surface area (Å²) in [7, 11) is 0. The zero-order chi connectivity index (χ0) is 15.0. The molecular weight excluding hydrogens is 282 g/mol. The number of piperidine rings is 1. The highest BCUT2D eigenvalue weighted by Crippen LogP contribution is 2.31. The molecule has 0 unspecified atom stereocenters. The van der Waals surface area contributed by atoms with E-state index in [-0.39, 0.29) is 5.91 Å². The molecular formula is C16H19N3O3. The number of hydrogen-bond acceptors (Lipinski definition) is 4. The van der Waals surface area contributed by atoms with Gasteiger partial charge >= 0.3 is 0 Å². The van der Waals surface area contributed by atoms with E-state index in [1.807, 2.05) is 23.2 Å². The number of H-pyrrole nitrogens is 1. The average molecular weight is 301 g/mol. The van der Waals surface area contributed by atoms with E-state index < -0.39 is 5.79 Å². The van der Waals surface area contributed by atoms with Gasteiger partial charge in [0.05, 0.1) is 19.6 Å². The van der Waals surface area contributed by atoms with E-state index in [0.29, 0.717) is 32.7 Å². The molecule has 0 radical (unpaired) electrons. The molecule has 2 aliphatic heterocycles. The maximum atomic E-state index is 12.5. The van der Waals surface area contributed by atoms with E-state index in [0.717, 1.165) is 29.4 Å². The van der Waals surface area contributed by atoms with Crippen LogP contribution >= 0.6 is 0 Å². The van der Waals surface area contributed by atoms with Gasteiger partial charge in [-0.2, -0.15) is 0 Å². The predicted molar refractivity (Wildman–Crippen MR) is 80.2 cm³/mol.